The lowest BCUT2D eigenvalue weighted by molar-refractivity contribution is -0.108. The van der Waals surface area contributed by atoms with E-state index in [-0.39, 0.29) is 0 Å². The second-order valence-electron chi connectivity index (χ2n) is 6.37. The van der Waals surface area contributed by atoms with Gasteiger partial charge < -0.3 is 15.2 Å². The zero-order valence-electron chi connectivity index (χ0n) is 15.6. The molecule has 0 radical (unpaired) electrons. The third-order valence-corrected chi connectivity index (χ3v) is 4.59. The van der Waals surface area contributed by atoms with Gasteiger partial charge in [-0.3, -0.25) is 4.79 Å². The van der Waals surface area contributed by atoms with Crippen molar-refractivity contribution in [2.45, 2.75) is 13.5 Å². The van der Waals surface area contributed by atoms with Crippen LogP contribution in [0.25, 0.3) is 11.7 Å². The Kier molecular flexibility index (Phi) is 5.26. The molecule has 0 saturated heterocycles. The Morgan fingerprint density at radius 2 is 2.07 bits per heavy atom. The predicted molar refractivity (Wildman–Crippen MR) is 112 cm³/mol. The highest BCUT2D eigenvalue weighted by Gasteiger charge is 2.11. The first-order valence-corrected chi connectivity index (χ1v) is 9.28. The maximum Gasteiger partial charge on any atom is 0.211 e. The van der Waals surface area contributed by atoms with Gasteiger partial charge in [0.05, 0.1) is 6.54 Å². The van der Waals surface area contributed by atoms with Crippen molar-refractivity contribution in [3.05, 3.63) is 77.0 Å². The lowest BCUT2D eigenvalue weighted by atomic mass is 10.2. The Hall–Kier alpha value is -3.65. The SMILES string of the molecule is Cc1ccn(Cc2nnc3ccc(Nc4cccc(Cl)c4)nn23)c1/C=C\NC=O. The van der Waals surface area contributed by atoms with Gasteiger partial charge in [0.25, 0.3) is 0 Å². The number of nitrogens with one attached hydrogen (secondary N) is 2. The van der Waals surface area contributed by atoms with Crippen molar-refractivity contribution in [1.82, 2.24) is 29.7 Å². The molecule has 0 saturated carbocycles. The van der Waals surface area contributed by atoms with Crippen molar-refractivity contribution in [3.8, 4) is 0 Å². The second-order valence-corrected chi connectivity index (χ2v) is 6.81. The summed E-state index contributed by atoms with van der Waals surface area (Å²) < 4.78 is 3.73. The Morgan fingerprint density at radius 3 is 2.90 bits per heavy atom. The Labute approximate surface area is 171 Å². The van der Waals surface area contributed by atoms with Gasteiger partial charge in [0.15, 0.2) is 17.3 Å². The summed E-state index contributed by atoms with van der Waals surface area (Å²) in [7, 11) is 0. The van der Waals surface area contributed by atoms with Crippen LogP contribution in [0.1, 0.15) is 17.1 Å². The van der Waals surface area contributed by atoms with E-state index in [1.807, 2.05) is 66.2 Å². The molecule has 3 aromatic heterocycles. The predicted octanol–water partition coefficient (Wildman–Crippen LogP) is 3.40. The van der Waals surface area contributed by atoms with Gasteiger partial charge in [-0.25, -0.2) is 0 Å². The molecule has 0 aliphatic carbocycles. The van der Waals surface area contributed by atoms with Crippen LogP contribution in [0.3, 0.4) is 0 Å². The molecule has 1 aromatic carbocycles. The van der Waals surface area contributed by atoms with Crippen molar-refractivity contribution in [2.75, 3.05) is 5.32 Å². The normalized spacial score (nSPS) is 11.2. The number of hydrogen-bond acceptors (Lipinski definition) is 5. The van der Waals surface area contributed by atoms with Crippen LogP contribution in [0, 0.1) is 6.92 Å². The van der Waals surface area contributed by atoms with Gasteiger partial charge in [0.2, 0.25) is 6.41 Å². The highest BCUT2D eigenvalue weighted by molar-refractivity contribution is 6.30. The zero-order valence-corrected chi connectivity index (χ0v) is 16.3. The summed E-state index contributed by atoms with van der Waals surface area (Å²) in [4.78, 5) is 10.5. The van der Waals surface area contributed by atoms with E-state index >= 15 is 0 Å². The van der Waals surface area contributed by atoms with Crippen molar-refractivity contribution in [2.24, 2.45) is 0 Å². The molecule has 0 unspecified atom stereocenters. The van der Waals surface area contributed by atoms with Gasteiger partial charge in [0.1, 0.15) is 0 Å². The number of amides is 1. The van der Waals surface area contributed by atoms with Gasteiger partial charge in [0, 0.05) is 28.8 Å². The van der Waals surface area contributed by atoms with Crippen LogP contribution in [0.5, 0.6) is 0 Å². The number of carbonyl (C=O) groups is 1. The Morgan fingerprint density at radius 1 is 1.17 bits per heavy atom. The Bertz CT molecular complexity index is 1190. The molecule has 3 heterocycles. The summed E-state index contributed by atoms with van der Waals surface area (Å²) >= 11 is 6.05. The third-order valence-electron chi connectivity index (χ3n) is 4.36. The van der Waals surface area contributed by atoms with E-state index in [0.29, 0.717) is 35.3 Å². The lowest BCUT2D eigenvalue weighted by Gasteiger charge is -2.08. The first-order valence-electron chi connectivity index (χ1n) is 8.90. The largest absolute Gasteiger partial charge is 0.340 e. The molecule has 29 heavy (non-hydrogen) atoms. The second kappa shape index (κ2) is 8.15. The van der Waals surface area contributed by atoms with Crippen LogP contribution in [0.4, 0.5) is 11.5 Å². The molecule has 0 spiro atoms. The van der Waals surface area contributed by atoms with Gasteiger partial charge in [-0.1, -0.05) is 17.7 Å². The number of benzene rings is 1. The summed E-state index contributed by atoms with van der Waals surface area (Å²) in [5.74, 6) is 1.34. The fourth-order valence-electron chi connectivity index (χ4n) is 2.99. The third kappa shape index (κ3) is 4.12. The fourth-order valence-corrected chi connectivity index (χ4v) is 3.18. The molecule has 0 bridgehead atoms. The zero-order chi connectivity index (χ0) is 20.2. The maximum atomic E-state index is 10.5. The van der Waals surface area contributed by atoms with Gasteiger partial charge in [-0.15, -0.1) is 15.3 Å². The highest BCUT2D eigenvalue weighted by Crippen LogP contribution is 2.19. The number of nitrogens with zero attached hydrogens (tertiary/aromatic N) is 5. The summed E-state index contributed by atoms with van der Waals surface area (Å²) in [5.41, 5.74) is 3.54. The van der Waals surface area contributed by atoms with Crippen molar-refractivity contribution >= 4 is 41.2 Å². The molecular formula is C20H18ClN7O. The van der Waals surface area contributed by atoms with Crippen molar-refractivity contribution in [3.63, 3.8) is 0 Å². The van der Waals surface area contributed by atoms with E-state index in [0.717, 1.165) is 16.9 Å². The number of anilines is 2. The lowest BCUT2D eigenvalue weighted by Crippen LogP contribution is -2.08. The quantitative estimate of drug-likeness (QED) is 0.458. The van der Waals surface area contributed by atoms with E-state index in [4.69, 9.17) is 11.6 Å². The monoisotopic (exact) mass is 407 g/mol. The molecule has 4 aromatic rings. The minimum atomic E-state index is 0.476. The molecule has 8 nitrogen and oxygen atoms in total. The number of aromatic nitrogens is 5. The summed E-state index contributed by atoms with van der Waals surface area (Å²) in [6, 6.07) is 13.1. The molecule has 0 atom stereocenters. The van der Waals surface area contributed by atoms with Crippen LogP contribution in [0.2, 0.25) is 5.02 Å². The molecule has 0 fully saturated rings. The van der Waals surface area contributed by atoms with Gasteiger partial charge in [-0.05, 0) is 55.0 Å². The molecule has 146 valence electrons. The fraction of sp³-hybridized carbons (Fsp3) is 0.100. The number of carbonyl (C=O) groups excluding carboxylic acids is 1. The number of fused-ring (bicyclic) bond motifs is 1. The summed E-state index contributed by atoms with van der Waals surface area (Å²) in [6.45, 7) is 2.48. The molecule has 1 amide bonds. The molecule has 0 aliphatic rings. The number of hydrogen-bond donors (Lipinski definition) is 2. The first-order chi connectivity index (χ1) is 14.1. The van der Waals surface area contributed by atoms with Crippen LogP contribution >= 0.6 is 11.6 Å². The van der Waals surface area contributed by atoms with Crippen molar-refractivity contribution < 1.29 is 4.79 Å². The van der Waals surface area contributed by atoms with Crippen LogP contribution in [0.15, 0.2) is 54.9 Å². The number of halogens is 1. The topological polar surface area (TPSA) is 89.1 Å². The molecule has 9 heteroatoms. The molecule has 2 N–H and O–H groups in total. The Balaban J connectivity index is 1.63. The standard InChI is InChI=1S/C20H18ClN7O/c1-14-8-10-27(17(14)7-9-22-13-29)12-20-25-24-19-6-5-18(26-28(19)20)23-16-4-2-3-15(21)11-16/h2-11,13H,12H2,1H3,(H,22,29)(H,23,26)/b9-7-. The average molecular weight is 408 g/mol. The van der Waals surface area contributed by atoms with Crippen molar-refractivity contribution in [1.29, 1.82) is 0 Å². The number of rotatable bonds is 7. The van der Waals surface area contributed by atoms with E-state index in [1.165, 1.54) is 0 Å². The maximum absolute atomic E-state index is 10.5. The average Bonchev–Trinajstić information content (AvgIpc) is 3.26. The van der Waals surface area contributed by atoms with E-state index in [9.17, 15) is 4.79 Å². The van der Waals surface area contributed by atoms with Crippen LogP contribution in [-0.4, -0.2) is 30.8 Å². The van der Waals surface area contributed by atoms with E-state index in [1.54, 1.807) is 10.7 Å². The van der Waals surface area contributed by atoms with E-state index in [2.05, 4.69) is 25.9 Å². The first kappa shape index (κ1) is 18.7. The smallest absolute Gasteiger partial charge is 0.211 e. The minimum absolute atomic E-state index is 0.476. The van der Waals surface area contributed by atoms with Crippen LogP contribution < -0.4 is 10.6 Å². The number of aryl methyl sites for hydroxylation is 1. The summed E-state index contributed by atoms with van der Waals surface area (Å²) in [5, 5.41) is 19.5. The van der Waals surface area contributed by atoms with Gasteiger partial charge in [-0.2, -0.15) is 4.52 Å². The highest BCUT2D eigenvalue weighted by atomic mass is 35.5. The molecular weight excluding hydrogens is 390 g/mol. The van der Waals surface area contributed by atoms with E-state index < -0.39 is 0 Å². The van der Waals surface area contributed by atoms with Crippen LogP contribution in [-0.2, 0) is 11.3 Å². The summed E-state index contributed by atoms with van der Waals surface area (Å²) in [6.07, 6.45) is 6.03. The molecule has 4 rings (SSSR count). The molecule has 0 aliphatic heterocycles. The minimum Gasteiger partial charge on any atom is -0.340 e. The van der Waals surface area contributed by atoms with Gasteiger partial charge >= 0.3 is 0 Å².